The molecule has 1 N–H and O–H groups in total. The third-order valence-corrected chi connectivity index (χ3v) is 6.56. The van der Waals surface area contributed by atoms with E-state index < -0.39 is 0 Å². The van der Waals surface area contributed by atoms with E-state index in [1.165, 1.54) is 28.5 Å². The lowest BCUT2D eigenvalue weighted by molar-refractivity contribution is 0.0900. The largest absolute Gasteiger partial charge is 0.459 e. The highest BCUT2D eigenvalue weighted by Crippen LogP contribution is 2.24. The Morgan fingerprint density at radius 1 is 1.09 bits per heavy atom. The zero-order chi connectivity index (χ0) is 23.5. The van der Waals surface area contributed by atoms with Gasteiger partial charge in [-0.15, -0.1) is 10.2 Å². The SMILES string of the molecule is Cc1cc(C)c(CN2CCc3nnc(C(CC(C)C)NC(=O)c4ccco4)n3CC2)cc1C. The number of amides is 1. The molecule has 0 aliphatic carbocycles. The Morgan fingerprint density at radius 2 is 1.88 bits per heavy atom. The molecule has 1 aromatic carbocycles. The van der Waals surface area contributed by atoms with Crippen molar-refractivity contribution in [2.75, 3.05) is 13.1 Å². The van der Waals surface area contributed by atoms with Crippen LogP contribution in [0.4, 0.5) is 0 Å². The quantitative estimate of drug-likeness (QED) is 0.580. The summed E-state index contributed by atoms with van der Waals surface area (Å²) in [5.41, 5.74) is 5.42. The van der Waals surface area contributed by atoms with E-state index in [1.54, 1.807) is 12.1 Å². The molecule has 4 rings (SSSR count). The molecule has 33 heavy (non-hydrogen) atoms. The fraction of sp³-hybridized carbons (Fsp3) is 0.500. The minimum absolute atomic E-state index is 0.211. The summed E-state index contributed by atoms with van der Waals surface area (Å²) in [7, 11) is 0. The van der Waals surface area contributed by atoms with Gasteiger partial charge in [-0.2, -0.15) is 0 Å². The van der Waals surface area contributed by atoms with Gasteiger partial charge in [0, 0.05) is 32.6 Å². The Morgan fingerprint density at radius 3 is 2.61 bits per heavy atom. The summed E-state index contributed by atoms with van der Waals surface area (Å²) in [6, 6.07) is 7.80. The minimum Gasteiger partial charge on any atom is -0.459 e. The third kappa shape index (κ3) is 5.36. The van der Waals surface area contributed by atoms with Gasteiger partial charge in [-0.1, -0.05) is 26.0 Å². The van der Waals surface area contributed by atoms with Crippen molar-refractivity contribution in [3.8, 4) is 0 Å². The number of aryl methyl sites for hydroxylation is 3. The predicted molar refractivity (Wildman–Crippen MR) is 128 cm³/mol. The van der Waals surface area contributed by atoms with Gasteiger partial charge < -0.3 is 14.3 Å². The maximum Gasteiger partial charge on any atom is 0.287 e. The molecule has 0 saturated heterocycles. The van der Waals surface area contributed by atoms with E-state index >= 15 is 0 Å². The van der Waals surface area contributed by atoms with Crippen molar-refractivity contribution < 1.29 is 9.21 Å². The third-order valence-electron chi connectivity index (χ3n) is 6.56. The van der Waals surface area contributed by atoms with Gasteiger partial charge in [0.1, 0.15) is 5.82 Å². The molecule has 3 aromatic rings. The molecule has 3 heterocycles. The lowest BCUT2D eigenvalue weighted by Gasteiger charge is -2.23. The first kappa shape index (κ1) is 23.2. The summed E-state index contributed by atoms with van der Waals surface area (Å²) in [5.74, 6) is 2.32. The number of rotatable bonds is 7. The molecule has 0 fully saturated rings. The summed E-state index contributed by atoms with van der Waals surface area (Å²) < 4.78 is 7.50. The summed E-state index contributed by atoms with van der Waals surface area (Å²) in [4.78, 5) is 15.2. The Kier molecular flexibility index (Phi) is 6.98. The molecule has 1 atom stereocenters. The predicted octanol–water partition coefficient (Wildman–Crippen LogP) is 4.37. The minimum atomic E-state index is -0.219. The van der Waals surface area contributed by atoms with Gasteiger partial charge >= 0.3 is 0 Å². The molecule has 0 saturated carbocycles. The number of hydrogen-bond acceptors (Lipinski definition) is 5. The van der Waals surface area contributed by atoms with E-state index in [4.69, 9.17) is 4.42 Å². The molecule has 0 radical (unpaired) electrons. The van der Waals surface area contributed by atoms with Crippen LogP contribution in [-0.4, -0.2) is 38.7 Å². The zero-order valence-electron chi connectivity index (χ0n) is 20.4. The highest BCUT2D eigenvalue weighted by molar-refractivity contribution is 5.91. The average molecular weight is 450 g/mol. The molecule has 1 aliphatic rings. The Bertz CT molecular complexity index is 1100. The number of furan rings is 1. The van der Waals surface area contributed by atoms with Gasteiger partial charge in [0.05, 0.1) is 12.3 Å². The highest BCUT2D eigenvalue weighted by Gasteiger charge is 2.27. The van der Waals surface area contributed by atoms with Gasteiger partial charge in [0.25, 0.3) is 5.91 Å². The van der Waals surface area contributed by atoms with Crippen molar-refractivity contribution in [1.29, 1.82) is 0 Å². The molecule has 1 amide bonds. The number of benzene rings is 1. The first-order chi connectivity index (χ1) is 15.8. The van der Waals surface area contributed by atoms with Crippen molar-refractivity contribution in [3.05, 3.63) is 70.2 Å². The Labute approximate surface area is 196 Å². The van der Waals surface area contributed by atoms with Crippen LogP contribution in [0.5, 0.6) is 0 Å². The van der Waals surface area contributed by atoms with Crippen LogP contribution in [-0.2, 0) is 19.5 Å². The lowest BCUT2D eigenvalue weighted by Crippen LogP contribution is -2.32. The molecule has 1 aliphatic heterocycles. The van der Waals surface area contributed by atoms with Crippen LogP contribution in [0.1, 0.15) is 70.8 Å². The fourth-order valence-corrected chi connectivity index (χ4v) is 4.57. The number of fused-ring (bicyclic) bond motifs is 1. The summed E-state index contributed by atoms with van der Waals surface area (Å²) in [6.07, 6.45) is 3.15. The second-order valence-corrected chi connectivity index (χ2v) is 9.65. The number of aromatic nitrogens is 3. The lowest BCUT2D eigenvalue weighted by atomic mass is 10.0. The van der Waals surface area contributed by atoms with Crippen LogP contribution in [0.3, 0.4) is 0 Å². The number of hydrogen-bond donors (Lipinski definition) is 1. The van der Waals surface area contributed by atoms with E-state index in [1.807, 2.05) is 0 Å². The molecule has 2 aromatic heterocycles. The van der Waals surface area contributed by atoms with Crippen LogP contribution in [0.15, 0.2) is 34.9 Å². The van der Waals surface area contributed by atoms with Crippen molar-refractivity contribution in [1.82, 2.24) is 25.0 Å². The normalized spacial score (nSPS) is 15.3. The van der Waals surface area contributed by atoms with E-state index in [0.29, 0.717) is 11.7 Å². The van der Waals surface area contributed by atoms with Crippen LogP contribution < -0.4 is 5.32 Å². The Balaban J connectivity index is 1.50. The summed E-state index contributed by atoms with van der Waals surface area (Å²) in [5, 5.41) is 12.2. The second-order valence-electron chi connectivity index (χ2n) is 9.65. The summed E-state index contributed by atoms with van der Waals surface area (Å²) in [6.45, 7) is 14.5. The van der Waals surface area contributed by atoms with E-state index in [-0.39, 0.29) is 11.9 Å². The van der Waals surface area contributed by atoms with Gasteiger partial charge in [-0.05, 0) is 67.5 Å². The standard InChI is InChI=1S/C26H35N5O2/c1-17(2)13-22(27-26(32)23-7-6-12-33-23)25-29-28-24-8-9-30(10-11-31(24)25)16-21-15-19(4)18(3)14-20(21)5/h6-7,12,14-15,17,22H,8-11,13,16H2,1-5H3,(H,27,32). The van der Waals surface area contributed by atoms with Crippen molar-refractivity contribution in [3.63, 3.8) is 0 Å². The molecule has 7 heteroatoms. The zero-order valence-corrected chi connectivity index (χ0v) is 20.4. The first-order valence-electron chi connectivity index (χ1n) is 11.9. The van der Waals surface area contributed by atoms with E-state index in [0.717, 1.165) is 50.7 Å². The number of nitrogens with one attached hydrogen (secondary N) is 1. The van der Waals surface area contributed by atoms with Gasteiger partial charge in [-0.3, -0.25) is 9.69 Å². The topological polar surface area (TPSA) is 76.2 Å². The average Bonchev–Trinajstić information content (AvgIpc) is 3.39. The Hall–Kier alpha value is -2.93. The second kappa shape index (κ2) is 9.91. The maximum atomic E-state index is 12.7. The monoisotopic (exact) mass is 449 g/mol. The molecular formula is C26H35N5O2. The maximum absolute atomic E-state index is 12.7. The number of nitrogens with zero attached hydrogens (tertiary/aromatic N) is 4. The van der Waals surface area contributed by atoms with Crippen molar-refractivity contribution in [2.45, 2.75) is 66.6 Å². The van der Waals surface area contributed by atoms with Crippen LogP contribution >= 0.6 is 0 Å². The van der Waals surface area contributed by atoms with E-state index in [2.05, 4.69) is 71.7 Å². The molecule has 176 valence electrons. The molecule has 0 bridgehead atoms. The number of carbonyl (C=O) groups excluding carboxylic acids is 1. The van der Waals surface area contributed by atoms with Gasteiger partial charge in [0.2, 0.25) is 0 Å². The summed E-state index contributed by atoms with van der Waals surface area (Å²) >= 11 is 0. The highest BCUT2D eigenvalue weighted by atomic mass is 16.3. The molecule has 0 spiro atoms. The molecule has 1 unspecified atom stereocenters. The van der Waals surface area contributed by atoms with Crippen molar-refractivity contribution in [2.24, 2.45) is 5.92 Å². The van der Waals surface area contributed by atoms with Crippen LogP contribution in [0, 0.1) is 26.7 Å². The van der Waals surface area contributed by atoms with Crippen LogP contribution in [0.25, 0.3) is 0 Å². The van der Waals surface area contributed by atoms with Crippen molar-refractivity contribution >= 4 is 5.91 Å². The fourth-order valence-electron chi connectivity index (χ4n) is 4.57. The number of carbonyl (C=O) groups is 1. The first-order valence-corrected chi connectivity index (χ1v) is 11.9. The van der Waals surface area contributed by atoms with Gasteiger partial charge in [0.15, 0.2) is 11.6 Å². The smallest absolute Gasteiger partial charge is 0.287 e. The van der Waals surface area contributed by atoms with Gasteiger partial charge in [-0.25, -0.2) is 0 Å². The van der Waals surface area contributed by atoms with E-state index in [9.17, 15) is 4.79 Å². The molecular weight excluding hydrogens is 414 g/mol. The van der Waals surface area contributed by atoms with Crippen LogP contribution in [0.2, 0.25) is 0 Å². The molecule has 7 nitrogen and oxygen atoms in total.